The molecule has 0 aliphatic carbocycles. The van der Waals surface area contributed by atoms with Crippen molar-refractivity contribution in [1.29, 1.82) is 0 Å². The van der Waals surface area contributed by atoms with E-state index in [1.807, 2.05) is 26.8 Å². The van der Waals surface area contributed by atoms with Gasteiger partial charge in [-0.05, 0) is 25.1 Å². The van der Waals surface area contributed by atoms with E-state index in [1.165, 1.54) is 0 Å². The van der Waals surface area contributed by atoms with Crippen LogP contribution in [0.15, 0.2) is 23.0 Å². The van der Waals surface area contributed by atoms with Crippen molar-refractivity contribution >= 4 is 5.52 Å². The van der Waals surface area contributed by atoms with Crippen LogP contribution in [0.1, 0.15) is 31.3 Å². The van der Waals surface area contributed by atoms with Gasteiger partial charge in [0.05, 0.1) is 19.9 Å². The number of nitrogens with one attached hydrogen (secondary N) is 1. The lowest BCUT2D eigenvalue weighted by atomic mass is 10.2. The van der Waals surface area contributed by atoms with Crippen molar-refractivity contribution in [2.75, 3.05) is 14.2 Å². The molecule has 0 aliphatic rings. The van der Waals surface area contributed by atoms with Crippen molar-refractivity contribution < 1.29 is 9.47 Å². The van der Waals surface area contributed by atoms with Crippen LogP contribution in [0.4, 0.5) is 0 Å². The topological polar surface area (TPSA) is 81.5 Å². The van der Waals surface area contributed by atoms with E-state index >= 15 is 0 Å². The van der Waals surface area contributed by atoms with E-state index in [0.717, 1.165) is 11.4 Å². The molecule has 3 aromatic rings. The van der Waals surface area contributed by atoms with Crippen LogP contribution in [0, 0.1) is 6.92 Å². The van der Waals surface area contributed by atoms with Gasteiger partial charge in [0.2, 0.25) is 0 Å². The molecule has 0 fully saturated rings. The van der Waals surface area contributed by atoms with Gasteiger partial charge in [-0.1, -0.05) is 13.8 Å². The number of hydrogen-bond acceptors (Lipinski definition) is 5. The van der Waals surface area contributed by atoms with E-state index in [4.69, 9.17) is 9.47 Å². The van der Waals surface area contributed by atoms with Gasteiger partial charge in [-0.15, -0.1) is 5.10 Å². The zero-order valence-electron chi connectivity index (χ0n) is 14.4. The summed E-state index contributed by atoms with van der Waals surface area (Å²) in [5.41, 5.74) is 1.66. The number of aromatic amines is 1. The van der Waals surface area contributed by atoms with Gasteiger partial charge >= 0.3 is 0 Å². The second-order valence-electron chi connectivity index (χ2n) is 5.84. The number of ether oxygens (including phenoxy) is 2. The number of aryl methyl sites for hydroxylation is 1. The normalized spacial score (nSPS) is 11.2. The van der Waals surface area contributed by atoms with Gasteiger partial charge in [-0.25, -0.2) is 9.50 Å². The molecule has 0 aliphatic heterocycles. The summed E-state index contributed by atoms with van der Waals surface area (Å²) in [4.78, 5) is 19.8. The molecule has 0 amide bonds. The Balaban J connectivity index is 2.24. The van der Waals surface area contributed by atoms with Gasteiger partial charge in [0, 0.05) is 11.5 Å². The highest BCUT2D eigenvalue weighted by Gasteiger charge is 2.17. The Morgan fingerprint density at radius 3 is 2.50 bits per heavy atom. The number of benzene rings is 1. The molecule has 126 valence electrons. The van der Waals surface area contributed by atoms with Crippen molar-refractivity contribution in [3.8, 4) is 22.9 Å². The van der Waals surface area contributed by atoms with Gasteiger partial charge < -0.3 is 14.5 Å². The van der Waals surface area contributed by atoms with Crippen LogP contribution in [0.2, 0.25) is 0 Å². The van der Waals surface area contributed by atoms with Gasteiger partial charge in [-0.3, -0.25) is 4.79 Å². The van der Waals surface area contributed by atoms with E-state index in [-0.39, 0.29) is 11.5 Å². The molecule has 3 rings (SSSR count). The van der Waals surface area contributed by atoms with Crippen molar-refractivity contribution in [2.24, 2.45) is 0 Å². The van der Waals surface area contributed by atoms with E-state index in [1.54, 1.807) is 30.9 Å². The summed E-state index contributed by atoms with van der Waals surface area (Å²) >= 11 is 0. The predicted octanol–water partition coefficient (Wildman–Crippen LogP) is 2.53. The molecule has 2 heterocycles. The molecule has 0 saturated heterocycles. The van der Waals surface area contributed by atoms with Crippen molar-refractivity contribution in [2.45, 2.75) is 26.7 Å². The molecule has 0 radical (unpaired) electrons. The lowest BCUT2D eigenvalue weighted by Crippen LogP contribution is -2.15. The van der Waals surface area contributed by atoms with Crippen LogP contribution < -0.4 is 15.0 Å². The molecule has 0 unspecified atom stereocenters. The SMILES string of the molecule is COc1ccc(-c2nn3c(C(C)C)nc(C)c3c(=O)[nH]2)cc1OC. The Morgan fingerprint density at radius 1 is 1.17 bits per heavy atom. The minimum absolute atomic E-state index is 0.152. The highest BCUT2D eigenvalue weighted by atomic mass is 16.5. The average molecular weight is 328 g/mol. The Labute approximate surface area is 139 Å². The second kappa shape index (κ2) is 5.99. The molecule has 7 nitrogen and oxygen atoms in total. The first-order chi connectivity index (χ1) is 11.5. The monoisotopic (exact) mass is 328 g/mol. The first-order valence-electron chi connectivity index (χ1n) is 7.68. The second-order valence-corrected chi connectivity index (χ2v) is 5.84. The van der Waals surface area contributed by atoms with Gasteiger partial charge in [0.15, 0.2) is 22.8 Å². The number of H-pyrrole nitrogens is 1. The maximum absolute atomic E-state index is 12.5. The predicted molar refractivity (Wildman–Crippen MR) is 91.0 cm³/mol. The number of methoxy groups -OCH3 is 2. The van der Waals surface area contributed by atoms with Crippen LogP contribution >= 0.6 is 0 Å². The molecule has 0 saturated carbocycles. The summed E-state index contributed by atoms with van der Waals surface area (Å²) in [7, 11) is 3.14. The van der Waals surface area contributed by atoms with Crippen LogP contribution in [0.5, 0.6) is 11.5 Å². The number of rotatable bonds is 4. The summed E-state index contributed by atoms with van der Waals surface area (Å²) < 4.78 is 12.2. The summed E-state index contributed by atoms with van der Waals surface area (Å²) in [6.07, 6.45) is 0. The third kappa shape index (κ3) is 2.51. The maximum atomic E-state index is 12.5. The van der Waals surface area contributed by atoms with E-state index in [0.29, 0.717) is 28.5 Å². The number of imidazole rings is 1. The lowest BCUT2D eigenvalue weighted by Gasteiger charge is -2.10. The van der Waals surface area contributed by atoms with Gasteiger partial charge in [0.25, 0.3) is 5.56 Å². The fraction of sp³-hybridized carbons (Fsp3) is 0.353. The number of aromatic nitrogens is 4. The zero-order chi connectivity index (χ0) is 17.4. The summed E-state index contributed by atoms with van der Waals surface area (Å²) in [5, 5.41) is 4.58. The summed E-state index contributed by atoms with van der Waals surface area (Å²) in [6.45, 7) is 5.86. The Morgan fingerprint density at radius 2 is 1.88 bits per heavy atom. The van der Waals surface area contributed by atoms with E-state index < -0.39 is 0 Å². The van der Waals surface area contributed by atoms with Gasteiger partial charge in [0.1, 0.15) is 5.82 Å². The van der Waals surface area contributed by atoms with Crippen LogP contribution in [-0.2, 0) is 0 Å². The lowest BCUT2D eigenvalue weighted by molar-refractivity contribution is 0.355. The van der Waals surface area contributed by atoms with Crippen LogP contribution in [0.3, 0.4) is 0 Å². The number of nitrogens with zero attached hydrogens (tertiary/aromatic N) is 3. The number of hydrogen-bond donors (Lipinski definition) is 1. The van der Waals surface area contributed by atoms with E-state index in [2.05, 4.69) is 15.1 Å². The molecule has 2 aromatic heterocycles. The Bertz CT molecular complexity index is 956. The average Bonchev–Trinajstić information content (AvgIpc) is 2.91. The third-order valence-corrected chi connectivity index (χ3v) is 3.87. The molecular weight excluding hydrogens is 308 g/mol. The molecule has 7 heteroatoms. The summed E-state index contributed by atoms with van der Waals surface area (Å²) in [6, 6.07) is 5.38. The number of fused-ring (bicyclic) bond motifs is 1. The fourth-order valence-corrected chi connectivity index (χ4v) is 2.68. The minimum Gasteiger partial charge on any atom is -0.493 e. The van der Waals surface area contributed by atoms with Crippen LogP contribution in [0.25, 0.3) is 16.9 Å². The van der Waals surface area contributed by atoms with Crippen molar-refractivity contribution in [1.82, 2.24) is 19.6 Å². The largest absolute Gasteiger partial charge is 0.493 e. The molecular formula is C17H20N4O3. The third-order valence-electron chi connectivity index (χ3n) is 3.87. The molecule has 0 atom stereocenters. The first kappa shape index (κ1) is 16.0. The smallest absolute Gasteiger partial charge is 0.277 e. The quantitative estimate of drug-likeness (QED) is 0.796. The fourth-order valence-electron chi connectivity index (χ4n) is 2.68. The molecule has 0 bridgehead atoms. The Kier molecular flexibility index (Phi) is 4.01. The zero-order valence-corrected chi connectivity index (χ0v) is 14.4. The molecule has 1 N–H and O–H groups in total. The molecule has 0 spiro atoms. The van der Waals surface area contributed by atoms with E-state index in [9.17, 15) is 4.79 Å². The van der Waals surface area contributed by atoms with Gasteiger partial charge in [-0.2, -0.15) is 0 Å². The highest BCUT2D eigenvalue weighted by molar-refractivity contribution is 5.62. The highest BCUT2D eigenvalue weighted by Crippen LogP contribution is 2.30. The van der Waals surface area contributed by atoms with Crippen LogP contribution in [-0.4, -0.2) is 33.8 Å². The summed E-state index contributed by atoms with van der Waals surface area (Å²) in [5.74, 6) is 2.55. The van der Waals surface area contributed by atoms with Crippen molar-refractivity contribution in [3.05, 3.63) is 40.1 Å². The standard InChI is InChI=1S/C17H20N4O3/c1-9(2)16-18-10(3)14-17(22)19-15(20-21(14)16)11-6-7-12(23-4)13(8-11)24-5/h6-9H,1-5H3,(H,19,20,22). The molecule has 24 heavy (non-hydrogen) atoms. The minimum atomic E-state index is -0.216. The first-order valence-corrected chi connectivity index (χ1v) is 7.68. The Hall–Kier alpha value is -2.83. The molecule has 1 aromatic carbocycles. The maximum Gasteiger partial charge on any atom is 0.277 e. The van der Waals surface area contributed by atoms with Crippen molar-refractivity contribution in [3.63, 3.8) is 0 Å².